The molecule has 1 saturated heterocycles. The second-order valence-corrected chi connectivity index (χ2v) is 11.3. The Bertz CT molecular complexity index is 1150. The molecule has 1 aromatic heterocycles. The van der Waals surface area contributed by atoms with Crippen LogP contribution in [-0.2, 0) is 4.79 Å². The van der Waals surface area contributed by atoms with Crippen molar-refractivity contribution in [3.8, 4) is 11.8 Å². The second kappa shape index (κ2) is 10.1. The highest BCUT2D eigenvalue weighted by Crippen LogP contribution is 2.55. The average molecular weight is 510 g/mol. The second-order valence-electron chi connectivity index (χ2n) is 10.9. The summed E-state index contributed by atoms with van der Waals surface area (Å²) in [4.78, 5) is 34.8. The summed E-state index contributed by atoms with van der Waals surface area (Å²) >= 11 is 6.17. The number of carbonyl (C=O) groups is 2. The average Bonchev–Trinajstić information content (AvgIpc) is 2.86. The molecule has 190 valence electrons. The van der Waals surface area contributed by atoms with Gasteiger partial charge in [-0.05, 0) is 30.9 Å². The zero-order valence-electron chi connectivity index (χ0n) is 21.1. The molecule has 36 heavy (non-hydrogen) atoms. The fourth-order valence-electron chi connectivity index (χ4n) is 5.92. The van der Waals surface area contributed by atoms with Gasteiger partial charge in [0.25, 0.3) is 5.91 Å². The first-order chi connectivity index (χ1) is 17.1. The largest absolute Gasteiger partial charge is 0.489 e. The summed E-state index contributed by atoms with van der Waals surface area (Å²) in [7, 11) is 0. The van der Waals surface area contributed by atoms with Gasteiger partial charge in [-0.15, -0.1) is 0 Å². The van der Waals surface area contributed by atoms with E-state index in [1.54, 1.807) is 30.6 Å². The molecule has 0 unspecified atom stereocenters. The SMILES string of the molecule is CC1(C)[C@H](NC(=O)c2cnc(N3CCC(CC=O)CC3)nc2)C(C)(C)[C@H]1Oc1ccc(C#N)c(Cl)c1. The number of hydrogen-bond acceptors (Lipinski definition) is 7. The van der Waals surface area contributed by atoms with Gasteiger partial charge in [0.1, 0.15) is 24.2 Å². The van der Waals surface area contributed by atoms with Crippen molar-refractivity contribution in [2.24, 2.45) is 16.7 Å². The van der Waals surface area contributed by atoms with Crippen molar-refractivity contribution in [1.29, 1.82) is 5.26 Å². The maximum Gasteiger partial charge on any atom is 0.254 e. The lowest BCUT2D eigenvalue weighted by atomic mass is 9.49. The van der Waals surface area contributed by atoms with Crippen LogP contribution in [0, 0.1) is 28.1 Å². The predicted octanol–water partition coefficient (Wildman–Crippen LogP) is 4.42. The number of halogens is 1. The van der Waals surface area contributed by atoms with E-state index >= 15 is 0 Å². The number of aromatic nitrogens is 2. The molecule has 4 rings (SSSR count). The van der Waals surface area contributed by atoms with Crippen molar-refractivity contribution >= 4 is 29.7 Å². The van der Waals surface area contributed by atoms with Gasteiger partial charge in [0.05, 0.1) is 16.1 Å². The molecule has 1 N–H and O–H groups in total. The first-order valence-corrected chi connectivity index (χ1v) is 12.6. The van der Waals surface area contributed by atoms with E-state index < -0.39 is 0 Å². The fourth-order valence-corrected chi connectivity index (χ4v) is 6.13. The lowest BCUT2D eigenvalue weighted by molar-refractivity contribution is -0.164. The predicted molar refractivity (Wildman–Crippen MR) is 137 cm³/mol. The number of piperidine rings is 1. The summed E-state index contributed by atoms with van der Waals surface area (Å²) in [6, 6.07) is 6.95. The van der Waals surface area contributed by atoms with E-state index in [1.165, 1.54) is 0 Å². The minimum absolute atomic E-state index is 0.145. The van der Waals surface area contributed by atoms with Crippen LogP contribution in [0.15, 0.2) is 30.6 Å². The maximum atomic E-state index is 13.1. The Hall–Kier alpha value is -3.18. The molecule has 1 amide bonds. The zero-order chi connectivity index (χ0) is 26.1. The van der Waals surface area contributed by atoms with Gasteiger partial charge in [0, 0.05) is 54.8 Å². The van der Waals surface area contributed by atoms with Gasteiger partial charge < -0.3 is 19.7 Å². The van der Waals surface area contributed by atoms with Crippen LogP contribution in [0.2, 0.25) is 5.02 Å². The van der Waals surface area contributed by atoms with Gasteiger partial charge in [-0.1, -0.05) is 39.3 Å². The van der Waals surface area contributed by atoms with E-state index in [1.807, 2.05) is 6.07 Å². The molecule has 2 heterocycles. The number of amides is 1. The number of nitriles is 1. The van der Waals surface area contributed by atoms with E-state index in [9.17, 15) is 9.59 Å². The van der Waals surface area contributed by atoms with E-state index in [0.29, 0.717) is 40.2 Å². The van der Waals surface area contributed by atoms with Crippen LogP contribution in [0.3, 0.4) is 0 Å². The third-order valence-electron chi connectivity index (χ3n) is 7.66. The third-order valence-corrected chi connectivity index (χ3v) is 7.97. The van der Waals surface area contributed by atoms with Crippen molar-refractivity contribution in [1.82, 2.24) is 15.3 Å². The molecule has 2 aliphatic rings. The number of ether oxygens (including phenoxy) is 1. The summed E-state index contributed by atoms with van der Waals surface area (Å²) in [6.45, 7) is 9.86. The van der Waals surface area contributed by atoms with Gasteiger partial charge in [-0.2, -0.15) is 5.26 Å². The molecule has 1 aliphatic carbocycles. The van der Waals surface area contributed by atoms with Crippen molar-refractivity contribution in [2.45, 2.75) is 59.1 Å². The standard InChI is InChI=1S/C27H32ClN5O3/c1-26(2)23(27(3,4)24(26)36-20-6-5-18(14-29)21(28)13-20)32-22(35)19-15-30-25(31-16-19)33-10-7-17(8-11-33)9-12-34/h5-6,12-13,15-17,23-24H,7-11H2,1-4H3,(H,32,35)/t23-,24-. The van der Waals surface area contributed by atoms with Crippen LogP contribution in [0.1, 0.15) is 62.9 Å². The van der Waals surface area contributed by atoms with Gasteiger partial charge >= 0.3 is 0 Å². The molecular weight excluding hydrogens is 478 g/mol. The van der Waals surface area contributed by atoms with Gasteiger partial charge in [0.15, 0.2) is 0 Å². The molecule has 1 saturated carbocycles. The summed E-state index contributed by atoms with van der Waals surface area (Å²) in [5.41, 5.74) is 0.0969. The van der Waals surface area contributed by atoms with Crippen LogP contribution in [0.25, 0.3) is 0 Å². The van der Waals surface area contributed by atoms with Crippen LogP contribution in [0.4, 0.5) is 5.95 Å². The van der Waals surface area contributed by atoms with Crippen molar-refractivity contribution in [3.63, 3.8) is 0 Å². The lowest BCUT2D eigenvalue weighted by Gasteiger charge is -2.63. The molecule has 2 aromatic rings. The first-order valence-electron chi connectivity index (χ1n) is 12.3. The number of nitrogens with zero attached hydrogens (tertiary/aromatic N) is 4. The molecule has 0 bridgehead atoms. The smallest absolute Gasteiger partial charge is 0.254 e. The van der Waals surface area contributed by atoms with Crippen molar-refractivity contribution < 1.29 is 14.3 Å². The lowest BCUT2D eigenvalue weighted by Crippen LogP contribution is -2.74. The Kier molecular flexibility index (Phi) is 7.24. The summed E-state index contributed by atoms with van der Waals surface area (Å²) in [6.07, 6.45) is 6.43. The van der Waals surface area contributed by atoms with Crippen molar-refractivity contribution in [3.05, 3.63) is 46.7 Å². The number of carbonyl (C=O) groups excluding carboxylic acids is 2. The molecule has 0 radical (unpaired) electrons. The molecule has 0 atom stereocenters. The van der Waals surface area contributed by atoms with E-state index in [-0.39, 0.29) is 28.9 Å². The van der Waals surface area contributed by atoms with E-state index in [2.05, 4.69) is 47.9 Å². The first kappa shape index (κ1) is 25.9. The Morgan fingerprint density at radius 3 is 2.42 bits per heavy atom. The van der Waals surface area contributed by atoms with E-state index in [0.717, 1.165) is 32.2 Å². The Balaban J connectivity index is 1.39. The minimum Gasteiger partial charge on any atom is -0.489 e. The summed E-state index contributed by atoms with van der Waals surface area (Å²) < 4.78 is 6.29. The Morgan fingerprint density at radius 1 is 1.22 bits per heavy atom. The van der Waals surface area contributed by atoms with Crippen LogP contribution in [0.5, 0.6) is 5.75 Å². The zero-order valence-corrected chi connectivity index (χ0v) is 21.9. The van der Waals surface area contributed by atoms with Gasteiger partial charge in [-0.3, -0.25) is 4.79 Å². The molecule has 0 spiro atoms. The van der Waals surface area contributed by atoms with Gasteiger partial charge in [0.2, 0.25) is 5.95 Å². The van der Waals surface area contributed by atoms with Crippen LogP contribution >= 0.6 is 11.6 Å². The molecule has 8 nitrogen and oxygen atoms in total. The number of anilines is 1. The van der Waals surface area contributed by atoms with Gasteiger partial charge in [-0.25, -0.2) is 9.97 Å². The number of benzene rings is 1. The maximum absolute atomic E-state index is 13.1. The molecular formula is C27H32ClN5O3. The number of rotatable bonds is 7. The minimum atomic E-state index is -0.355. The highest BCUT2D eigenvalue weighted by Gasteiger charge is 2.64. The quantitative estimate of drug-likeness (QED) is 0.550. The number of hydrogen-bond donors (Lipinski definition) is 1. The highest BCUT2D eigenvalue weighted by molar-refractivity contribution is 6.31. The van der Waals surface area contributed by atoms with Crippen LogP contribution in [-0.4, -0.2) is 47.4 Å². The molecule has 1 aromatic carbocycles. The number of nitrogens with one attached hydrogen (secondary N) is 1. The molecule has 9 heteroatoms. The fraction of sp³-hybridized carbons (Fsp3) is 0.519. The molecule has 1 aliphatic heterocycles. The third kappa shape index (κ3) is 4.90. The van der Waals surface area contributed by atoms with E-state index in [4.69, 9.17) is 21.6 Å². The number of aldehydes is 1. The highest BCUT2D eigenvalue weighted by atomic mass is 35.5. The normalized spacial score (nSPS) is 22.7. The van der Waals surface area contributed by atoms with Crippen LogP contribution < -0.4 is 15.0 Å². The topological polar surface area (TPSA) is 108 Å². The Morgan fingerprint density at radius 2 is 1.86 bits per heavy atom. The summed E-state index contributed by atoms with van der Waals surface area (Å²) in [5.74, 6) is 1.40. The summed E-state index contributed by atoms with van der Waals surface area (Å²) in [5, 5.41) is 12.6. The van der Waals surface area contributed by atoms with Crippen molar-refractivity contribution in [2.75, 3.05) is 18.0 Å². The molecule has 2 fully saturated rings. The Labute approximate surface area is 217 Å². The monoisotopic (exact) mass is 509 g/mol.